The molecule has 0 amide bonds. The second kappa shape index (κ2) is 4.66. The van der Waals surface area contributed by atoms with Crippen LogP contribution >= 0.6 is 22.6 Å². The fraction of sp³-hybridized carbons (Fsp3) is 0.273. The highest BCUT2D eigenvalue weighted by Crippen LogP contribution is 2.39. The van der Waals surface area contributed by atoms with Crippen molar-refractivity contribution in [1.82, 2.24) is 14.8 Å². The van der Waals surface area contributed by atoms with Gasteiger partial charge in [0, 0.05) is 34.1 Å². The summed E-state index contributed by atoms with van der Waals surface area (Å²) in [4.78, 5) is 3.65. The van der Waals surface area contributed by atoms with E-state index in [9.17, 15) is 13.2 Å². The molecule has 2 heterocycles. The van der Waals surface area contributed by atoms with Crippen LogP contribution in [0.2, 0.25) is 0 Å². The Labute approximate surface area is 121 Å². The van der Waals surface area contributed by atoms with Crippen molar-refractivity contribution in [3.05, 3.63) is 27.2 Å². The molecule has 2 aromatic heterocycles. The molecule has 0 aliphatic carbocycles. The zero-order valence-corrected chi connectivity index (χ0v) is 12.2. The predicted octanol–water partition coefficient (Wildman–Crippen LogP) is 3.00. The van der Waals surface area contributed by atoms with Crippen molar-refractivity contribution in [1.29, 1.82) is 0 Å². The first-order chi connectivity index (χ1) is 8.71. The van der Waals surface area contributed by atoms with Crippen LogP contribution in [0, 0.1) is 10.5 Å². The number of hydrogen-bond acceptors (Lipinski definition) is 3. The predicted molar refractivity (Wildman–Crippen MR) is 73.3 cm³/mol. The highest BCUT2D eigenvalue weighted by Gasteiger charge is 2.35. The monoisotopic (exact) mass is 382 g/mol. The van der Waals surface area contributed by atoms with E-state index in [0.717, 1.165) is 6.20 Å². The van der Waals surface area contributed by atoms with Crippen LogP contribution in [0.1, 0.15) is 11.3 Å². The van der Waals surface area contributed by atoms with Gasteiger partial charge in [0.2, 0.25) is 0 Å². The smallest absolute Gasteiger partial charge is 0.383 e. The van der Waals surface area contributed by atoms with Gasteiger partial charge in [-0.15, -0.1) is 0 Å². The molecular weight excluding hydrogens is 372 g/mol. The van der Waals surface area contributed by atoms with Gasteiger partial charge >= 0.3 is 6.18 Å². The average Bonchev–Trinajstić information content (AvgIpc) is 2.56. The number of nitrogen functional groups attached to an aromatic ring is 1. The quantitative estimate of drug-likeness (QED) is 0.772. The van der Waals surface area contributed by atoms with Gasteiger partial charge < -0.3 is 5.73 Å². The number of pyridine rings is 1. The second-order valence-electron chi connectivity index (χ2n) is 4.05. The summed E-state index contributed by atoms with van der Waals surface area (Å²) in [7, 11) is 1.70. The summed E-state index contributed by atoms with van der Waals surface area (Å²) < 4.78 is 40.2. The van der Waals surface area contributed by atoms with Crippen LogP contribution in [-0.4, -0.2) is 14.8 Å². The Bertz CT molecular complexity index is 634. The Balaban J connectivity index is 2.73. The molecule has 0 bridgehead atoms. The SMILES string of the molecule is Cc1nn(C)cc1-c1c(N)ncc(C(F)(F)F)c1I. The molecule has 4 nitrogen and oxygen atoms in total. The number of alkyl halides is 3. The maximum absolute atomic E-state index is 12.9. The number of halogens is 4. The summed E-state index contributed by atoms with van der Waals surface area (Å²) in [5.41, 5.74) is 6.37. The highest BCUT2D eigenvalue weighted by molar-refractivity contribution is 14.1. The minimum absolute atomic E-state index is 0.0358. The number of aryl methyl sites for hydroxylation is 2. The molecule has 2 rings (SSSR count). The third kappa shape index (κ3) is 2.53. The summed E-state index contributed by atoms with van der Waals surface area (Å²) in [6.07, 6.45) is -2.07. The third-order valence-corrected chi connectivity index (χ3v) is 3.75. The van der Waals surface area contributed by atoms with Gasteiger partial charge in [-0.1, -0.05) is 0 Å². The van der Waals surface area contributed by atoms with E-state index in [1.165, 1.54) is 4.68 Å². The van der Waals surface area contributed by atoms with E-state index < -0.39 is 11.7 Å². The van der Waals surface area contributed by atoms with Crippen molar-refractivity contribution in [3.63, 3.8) is 0 Å². The Morgan fingerprint density at radius 3 is 2.47 bits per heavy atom. The maximum atomic E-state index is 12.9. The van der Waals surface area contributed by atoms with Gasteiger partial charge in [0.1, 0.15) is 5.82 Å². The van der Waals surface area contributed by atoms with Crippen LogP contribution in [0.5, 0.6) is 0 Å². The number of anilines is 1. The number of aromatic nitrogens is 3. The number of hydrogen-bond donors (Lipinski definition) is 1. The van der Waals surface area contributed by atoms with Crippen molar-refractivity contribution in [2.75, 3.05) is 5.73 Å². The van der Waals surface area contributed by atoms with Gasteiger partial charge in [0.05, 0.1) is 11.3 Å². The van der Waals surface area contributed by atoms with Gasteiger partial charge in [0.25, 0.3) is 0 Å². The van der Waals surface area contributed by atoms with E-state index in [0.29, 0.717) is 11.3 Å². The van der Waals surface area contributed by atoms with E-state index in [1.807, 2.05) is 0 Å². The largest absolute Gasteiger partial charge is 0.418 e. The molecule has 0 aromatic carbocycles. The van der Waals surface area contributed by atoms with Crippen LogP contribution < -0.4 is 5.73 Å². The lowest BCUT2D eigenvalue weighted by molar-refractivity contribution is -0.138. The Morgan fingerprint density at radius 1 is 1.37 bits per heavy atom. The highest BCUT2D eigenvalue weighted by atomic mass is 127. The lowest BCUT2D eigenvalue weighted by atomic mass is 10.1. The molecule has 102 valence electrons. The zero-order valence-electron chi connectivity index (χ0n) is 10.1. The molecule has 0 spiro atoms. The van der Waals surface area contributed by atoms with E-state index in [-0.39, 0.29) is 15.0 Å². The Kier molecular flexibility index (Phi) is 3.45. The first kappa shape index (κ1) is 14.1. The fourth-order valence-electron chi connectivity index (χ4n) is 1.80. The van der Waals surface area contributed by atoms with E-state index in [1.54, 1.807) is 42.8 Å². The standard InChI is InChI=1S/C11H10F3IN4/c1-5-6(4-19(2)18-5)8-9(15)7(11(12,13)14)3-17-10(8)16/h3-4H,1-2H3,(H2,16,17). The lowest BCUT2D eigenvalue weighted by Crippen LogP contribution is -2.11. The maximum Gasteiger partial charge on any atom is 0.418 e. The Morgan fingerprint density at radius 2 is 2.00 bits per heavy atom. The molecule has 0 atom stereocenters. The number of nitrogens with zero attached hydrogens (tertiary/aromatic N) is 3. The normalized spacial score (nSPS) is 11.9. The molecule has 8 heteroatoms. The Hall–Kier alpha value is -1.32. The van der Waals surface area contributed by atoms with E-state index >= 15 is 0 Å². The van der Waals surface area contributed by atoms with Crippen molar-refractivity contribution in [3.8, 4) is 11.1 Å². The van der Waals surface area contributed by atoms with Crippen molar-refractivity contribution < 1.29 is 13.2 Å². The van der Waals surface area contributed by atoms with Crippen molar-refractivity contribution in [2.45, 2.75) is 13.1 Å². The molecule has 2 N–H and O–H groups in total. The van der Waals surface area contributed by atoms with E-state index in [4.69, 9.17) is 5.73 Å². The van der Waals surface area contributed by atoms with Gasteiger partial charge in [-0.25, -0.2) is 4.98 Å². The number of rotatable bonds is 1. The third-order valence-electron chi connectivity index (χ3n) is 2.63. The molecule has 0 fully saturated rings. The summed E-state index contributed by atoms with van der Waals surface area (Å²) in [5, 5.41) is 4.11. The van der Waals surface area contributed by atoms with Crippen LogP contribution in [0.15, 0.2) is 12.4 Å². The molecule has 19 heavy (non-hydrogen) atoms. The summed E-state index contributed by atoms with van der Waals surface area (Å²) >= 11 is 1.64. The molecule has 0 unspecified atom stereocenters. The van der Waals surface area contributed by atoms with E-state index in [2.05, 4.69) is 10.1 Å². The molecule has 0 radical (unpaired) electrons. The molecule has 2 aromatic rings. The number of nitrogens with two attached hydrogens (primary N) is 1. The van der Waals surface area contributed by atoms with Crippen LogP contribution in [0.25, 0.3) is 11.1 Å². The van der Waals surface area contributed by atoms with Gasteiger partial charge in [-0.05, 0) is 29.5 Å². The molecule has 0 saturated carbocycles. The van der Waals surface area contributed by atoms with Crippen molar-refractivity contribution in [2.24, 2.45) is 7.05 Å². The van der Waals surface area contributed by atoms with Gasteiger partial charge in [0.15, 0.2) is 0 Å². The first-order valence-electron chi connectivity index (χ1n) is 5.23. The minimum atomic E-state index is -4.46. The van der Waals surface area contributed by atoms with Crippen LogP contribution in [0.4, 0.5) is 19.0 Å². The molecule has 0 aliphatic heterocycles. The van der Waals surface area contributed by atoms with Crippen LogP contribution in [-0.2, 0) is 13.2 Å². The molecule has 0 saturated heterocycles. The van der Waals surface area contributed by atoms with Gasteiger partial charge in [-0.2, -0.15) is 18.3 Å². The molecular formula is C11H10F3IN4. The topological polar surface area (TPSA) is 56.7 Å². The van der Waals surface area contributed by atoms with Crippen LogP contribution in [0.3, 0.4) is 0 Å². The summed E-state index contributed by atoms with van der Waals surface area (Å²) in [6, 6.07) is 0. The first-order valence-corrected chi connectivity index (χ1v) is 6.31. The summed E-state index contributed by atoms with van der Waals surface area (Å²) in [6.45, 7) is 1.71. The van der Waals surface area contributed by atoms with Crippen molar-refractivity contribution >= 4 is 28.4 Å². The van der Waals surface area contributed by atoms with Gasteiger partial charge in [-0.3, -0.25) is 4.68 Å². The molecule has 0 aliphatic rings. The minimum Gasteiger partial charge on any atom is -0.383 e. The fourth-order valence-corrected chi connectivity index (χ4v) is 2.81. The lowest BCUT2D eigenvalue weighted by Gasteiger charge is -2.13. The zero-order chi connectivity index (χ0) is 14.4. The average molecular weight is 382 g/mol. The summed E-state index contributed by atoms with van der Waals surface area (Å²) in [5.74, 6) is 0.0634. The second-order valence-corrected chi connectivity index (χ2v) is 5.12.